The summed E-state index contributed by atoms with van der Waals surface area (Å²) in [5.41, 5.74) is 2.10. The Morgan fingerprint density at radius 1 is 1.27 bits per heavy atom. The number of hydrogen-bond acceptors (Lipinski definition) is 5. The summed E-state index contributed by atoms with van der Waals surface area (Å²) >= 11 is 0. The van der Waals surface area contributed by atoms with Gasteiger partial charge >= 0.3 is 5.69 Å². The highest BCUT2D eigenvalue weighted by Gasteiger charge is 2.18. The van der Waals surface area contributed by atoms with Crippen LogP contribution in [0.5, 0.6) is 5.88 Å². The van der Waals surface area contributed by atoms with Crippen LogP contribution in [0.15, 0.2) is 39.0 Å². The van der Waals surface area contributed by atoms with Crippen molar-refractivity contribution in [3.63, 3.8) is 0 Å². The van der Waals surface area contributed by atoms with E-state index in [0.29, 0.717) is 12.1 Å². The third-order valence-corrected chi connectivity index (χ3v) is 3.85. The van der Waals surface area contributed by atoms with Crippen molar-refractivity contribution in [1.29, 1.82) is 0 Å². The van der Waals surface area contributed by atoms with Crippen molar-refractivity contribution in [2.24, 2.45) is 5.10 Å². The number of hydrogen-bond donors (Lipinski definition) is 3. The molecule has 0 saturated heterocycles. The number of amides is 1. The molecular formula is C18H22N4O4. The van der Waals surface area contributed by atoms with Gasteiger partial charge in [-0.1, -0.05) is 31.0 Å². The van der Waals surface area contributed by atoms with Crippen molar-refractivity contribution < 1.29 is 9.90 Å². The highest BCUT2D eigenvalue weighted by atomic mass is 16.3. The second-order valence-electron chi connectivity index (χ2n) is 5.96. The molecule has 2 rings (SSSR count). The number of nitrogens with one attached hydrogen (secondary N) is 2. The van der Waals surface area contributed by atoms with Gasteiger partial charge in [0.2, 0.25) is 11.8 Å². The predicted molar refractivity (Wildman–Crippen MR) is 98.9 cm³/mol. The molecule has 0 unspecified atom stereocenters. The SMILES string of the molecule is CCCCC(=O)N/N=C(\C)c1c(O)n(-c2ccc(C)cc2)c(=O)[nH]c1=O. The van der Waals surface area contributed by atoms with Crippen LogP contribution in [0.3, 0.4) is 0 Å². The van der Waals surface area contributed by atoms with E-state index in [1.807, 2.05) is 13.8 Å². The molecule has 0 atom stereocenters. The van der Waals surface area contributed by atoms with E-state index in [4.69, 9.17) is 0 Å². The minimum atomic E-state index is -0.778. The maximum Gasteiger partial charge on any atom is 0.335 e. The quantitative estimate of drug-likeness (QED) is 0.537. The van der Waals surface area contributed by atoms with Crippen molar-refractivity contribution >= 4 is 11.6 Å². The molecule has 1 amide bonds. The summed E-state index contributed by atoms with van der Waals surface area (Å²) in [5, 5.41) is 14.4. The lowest BCUT2D eigenvalue weighted by Crippen LogP contribution is -2.33. The normalized spacial score (nSPS) is 11.4. The lowest BCUT2D eigenvalue weighted by molar-refractivity contribution is -0.121. The maximum absolute atomic E-state index is 12.1. The number of carbonyl (C=O) groups is 1. The summed E-state index contributed by atoms with van der Waals surface area (Å²) < 4.78 is 0.980. The third kappa shape index (κ3) is 4.27. The molecule has 0 aliphatic heterocycles. The fraction of sp³-hybridized carbons (Fsp3) is 0.333. The van der Waals surface area contributed by atoms with Gasteiger partial charge in [0.25, 0.3) is 5.56 Å². The molecule has 0 aliphatic carbocycles. The van der Waals surface area contributed by atoms with Gasteiger partial charge in [-0.3, -0.25) is 14.6 Å². The summed E-state index contributed by atoms with van der Waals surface area (Å²) in [6.07, 6.45) is 1.92. The molecule has 26 heavy (non-hydrogen) atoms. The summed E-state index contributed by atoms with van der Waals surface area (Å²) in [7, 11) is 0. The predicted octanol–water partition coefficient (Wildman–Crippen LogP) is 1.57. The van der Waals surface area contributed by atoms with Crippen LogP contribution in [0, 0.1) is 6.92 Å². The van der Waals surface area contributed by atoms with Gasteiger partial charge in [0.05, 0.1) is 11.4 Å². The molecule has 0 saturated carbocycles. The first-order valence-corrected chi connectivity index (χ1v) is 8.34. The summed E-state index contributed by atoms with van der Waals surface area (Å²) in [6.45, 7) is 5.32. The summed E-state index contributed by atoms with van der Waals surface area (Å²) in [4.78, 5) is 38.1. The first-order chi connectivity index (χ1) is 12.3. The van der Waals surface area contributed by atoms with Crippen LogP contribution >= 0.6 is 0 Å². The Bertz CT molecular complexity index is 939. The molecule has 0 radical (unpaired) electrons. The second-order valence-corrected chi connectivity index (χ2v) is 5.96. The molecule has 1 heterocycles. The van der Waals surface area contributed by atoms with Gasteiger partial charge < -0.3 is 5.11 Å². The number of aromatic nitrogens is 2. The molecule has 2 aromatic rings. The minimum Gasteiger partial charge on any atom is -0.493 e. The fourth-order valence-electron chi connectivity index (χ4n) is 2.38. The van der Waals surface area contributed by atoms with Gasteiger partial charge in [-0.15, -0.1) is 0 Å². The summed E-state index contributed by atoms with van der Waals surface area (Å²) in [6, 6.07) is 6.86. The van der Waals surface area contributed by atoms with E-state index in [2.05, 4.69) is 15.5 Å². The number of aromatic amines is 1. The molecule has 0 fully saturated rings. The molecule has 1 aromatic heterocycles. The van der Waals surface area contributed by atoms with Crippen molar-refractivity contribution in [1.82, 2.24) is 15.0 Å². The van der Waals surface area contributed by atoms with Crippen LogP contribution in [-0.4, -0.2) is 26.3 Å². The Kier molecular flexibility index (Phi) is 6.11. The third-order valence-electron chi connectivity index (χ3n) is 3.85. The van der Waals surface area contributed by atoms with E-state index in [1.54, 1.807) is 24.3 Å². The maximum atomic E-state index is 12.1. The van der Waals surface area contributed by atoms with Crippen LogP contribution in [0.25, 0.3) is 5.69 Å². The number of carbonyl (C=O) groups excluding carboxylic acids is 1. The van der Waals surface area contributed by atoms with E-state index in [0.717, 1.165) is 23.0 Å². The molecule has 3 N–H and O–H groups in total. The zero-order valence-electron chi connectivity index (χ0n) is 15.0. The van der Waals surface area contributed by atoms with E-state index in [1.165, 1.54) is 6.92 Å². The van der Waals surface area contributed by atoms with Crippen LogP contribution in [0.4, 0.5) is 0 Å². The summed E-state index contributed by atoms with van der Waals surface area (Å²) in [5.74, 6) is -0.819. The Morgan fingerprint density at radius 2 is 1.92 bits per heavy atom. The van der Waals surface area contributed by atoms with Crippen molar-refractivity contribution in [2.75, 3.05) is 0 Å². The van der Waals surface area contributed by atoms with Crippen molar-refractivity contribution in [2.45, 2.75) is 40.0 Å². The number of H-pyrrole nitrogens is 1. The fourth-order valence-corrected chi connectivity index (χ4v) is 2.38. The lowest BCUT2D eigenvalue weighted by atomic mass is 10.2. The highest BCUT2D eigenvalue weighted by Crippen LogP contribution is 2.17. The van der Waals surface area contributed by atoms with E-state index >= 15 is 0 Å². The molecule has 0 bridgehead atoms. The Labute approximate surface area is 150 Å². The second kappa shape index (κ2) is 8.28. The largest absolute Gasteiger partial charge is 0.493 e. The van der Waals surface area contributed by atoms with Crippen molar-refractivity contribution in [3.05, 3.63) is 56.2 Å². The smallest absolute Gasteiger partial charge is 0.335 e. The lowest BCUT2D eigenvalue weighted by Gasteiger charge is -2.11. The molecule has 8 heteroatoms. The van der Waals surface area contributed by atoms with Gasteiger partial charge in [0.15, 0.2) is 0 Å². The molecule has 138 valence electrons. The Balaban J connectivity index is 2.45. The average Bonchev–Trinajstić information content (AvgIpc) is 2.59. The van der Waals surface area contributed by atoms with Gasteiger partial charge in [-0.2, -0.15) is 5.10 Å². The van der Waals surface area contributed by atoms with Gasteiger partial charge in [-0.25, -0.2) is 14.8 Å². The van der Waals surface area contributed by atoms with Gasteiger partial charge in [-0.05, 0) is 32.4 Å². The number of aryl methyl sites for hydroxylation is 1. The van der Waals surface area contributed by atoms with E-state index < -0.39 is 17.1 Å². The number of hydrazone groups is 1. The number of aromatic hydroxyl groups is 1. The molecule has 1 aromatic carbocycles. The Morgan fingerprint density at radius 3 is 2.54 bits per heavy atom. The minimum absolute atomic E-state index is 0.0921. The number of nitrogens with zero attached hydrogens (tertiary/aromatic N) is 2. The molecule has 0 aliphatic rings. The number of rotatable bonds is 6. The first kappa shape index (κ1) is 19.2. The topological polar surface area (TPSA) is 117 Å². The standard InChI is InChI=1S/C18H22N4O4/c1-4-5-6-14(23)21-20-12(3)15-16(24)19-18(26)22(17(15)25)13-9-7-11(2)8-10-13/h7-10,25H,4-6H2,1-3H3,(H,21,23)(H,19,24,26)/b20-12+. The first-order valence-electron chi connectivity index (χ1n) is 8.34. The number of unbranched alkanes of at least 4 members (excludes halogenated alkanes) is 1. The van der Waals surface area contributed by atoms with E-state index in [-0.39, 0.29) is 17.2 Å². The highest BCUT2D eigenvalue weighted by molar-refractivity contribution is 6.00. The average molecular weight is 358 g/mol. The molecule has 8 nitrogen and oxygen atoms in total. The van der Waals surface area contributed by atoms with Gasteiger partial charge in [0, 0.05) is 6.42 Å². The molecule has 0 spiro atoms. The number of benzene rings is 1. The van der Waals surface area contributed by atoms with Crippen LogP contribution in [0.2, 0.25) is 0 Å². The van der Waals surface area contributed by atoms with Crippen molar-refractivity contribution in [3.8, 4) is 11.6 Å². The van der Waals surface area contributed by atoms with Crippen LogP contribution in [0.1, 0.15) is 44.2 Å². The Hall–Kier alpha value is -3.16. The van der Waals surface area contributed by atoms with Crippen LogP contribution < -0.4 is 16.7 Å². The monoisotopic (exact) mass is 358 g/mol. The molecular weight excluding hydrogens is 336 g/mol. The van der Waals surface area contributed by atoms with E-state index in [9.17, 15) is 19.5 Å². The van der Waals surface area contributed by atoms with Gasteiger partial charge in [0.1, 0.15) is 5.56 Å². The zero-order valence-corrected chi connectivity index (χ0v) is 15.0. The van der Waals surface area contributed by atoms with Crippen LogP contribution in [-0.2, 0) is 4.79 Å². The zero-order chi connectivity index (χ0) is 19.3.